The minimum atomic E-state index is 0.341. The van der Waals surface area contributed by atoms with Gasteiger partial charge in [0.05, 0.1) is 6.10 Å². The van der Waals surface area contributed by atoms with Gasteiger partial charge >= 0.3 is 0 Å². The van der Waals surface area contributed by atoms with E-state index in [1.807, 2.05) is 0 Å². The summed E-state index contributed by atoms with van der Waals surface area (Å²) in [7, 11) is 1.79. The Morgan fingerprint density at radius 2 is 2.29 bits per heavy atom. The number of rotatable bonds is 4. The predicted octanol–water partition coefficient (Wildman–Crippen LogP) is 1.09. The van der Waals surface area contributed by atoms with Gasteiger partial charge in [0.2, 0.25) is 0 Å². The number of ether oxygens (including phenoxy) is 1. The molecule has 1 aliphatic rings. The van der Waals surface area contributed by atoms with E-state index in [1.54, 1.807) is 7.11 Å². The Labute approximate surface area is 87.8 Å². The summed E-state index contributed by atoms with van der Waals surface area (Å²) in [5.41, 5.74) is 0. The molecule has 3 unspecified atom stereocenters. The third-order valence-corrected chi connectivity index (χ3v) is 3.17. The van der Waals surface area contributed by atoms with E-state index in [-0.39, 0.29) is 0 Å². The molecule has 0 aromatic carbocycles. The van der Waals surface area contributed by atoms with Crippen molar-refractivity contribution in [1.82, 2.24) is 10.2 Å². The first-order chi connectivity index (χ1) is 6.67. The number of methoxy groups -OCH3 is 1. The fourth-order valence-electron chi connectivity index (χ4n) is 1.93. The summed E-state index contributed by atoms with van der Waals surface area (Å²) in [6, 6.07) is 1.30. The zero-order valence-electron chi connectivity index (χ0n) is 9.92. The van der Waals surface area contributed by atoms with E-state index in [2.05, 4.69) is 31.0 Å². The SMILES string of the molecule is CCC1CN(CC(C)OC)C(C)CN1. The quantitative estimate of drug-likeness (QED) is 0.735. The predicted molar refractivity (Wildman–Crippen MR) is 59.6 cm³/mol. The van der Waals surface area contributed by atoms with Crippen molar-refractivity contribution in [1.29, 1.82) is 0 Å². The topological polar surface area (TPSA) is 24.5 Å². The van der Waals surface area contributed by atoms with Crippen molar-refractivity contribution in [2.45, 2.75) is 45.4 Å². The van der Waals surface area contributed by atoms with Crippen molar-refractivity contribution in [2.24, 2.45) is 0 Å². The van der Waals surface area contributed by atoms with Gasteiger partial charge in [-0.05, 0) is 20.3 Å². The van der Waals surface area contributed by atoms with Gasteiger partial charge in [0.1, 0.15) is 0 Å². The van der Waals surface area contributed by atoms with Crippen molar-refractivity contribution < 1.29 is 4.74 Å². The van der Waals surface area contributed by atoms with Crippen LogP contribution in [-0.2, 0) is 4.74 Å². The van der Waals surface area contributed by atoms with Crippen LogP contribution in [0.15, 0.2) is 0 Å². The lowest BCUT2D eigenvalue weighted by atomic mass is 10.1. The summed E-state index contributed by atoms with van der Waals surface area (Å²) >= 11 is 0. The second-order valence-electron chi connectivity index (χ2n) is 4.36. The molecule has 0 spiro atoms. The molecule has 3 nitrogen and oxygen atoms in total. The number of nitrogens with one attached hydrogen (secondary N) is 1. The Kier molecular flexibility index (Phi) is 4.85. The standard InChI is InChI=1S/C11H24N2O/c1-5-11-8-13(7-10(3)14-4)9(2)6-12-11/h9-12H,5-8H2,1-4H3. The number of hydrogen-bond acceptors (Lipinski definition) is 3. The summed E-state index contributed by atoms with van der Waals surface area (Å²) in [5, 5.41) is 3.56. The van der Waals surface area contributed by atoms with E-state index >= 15 is 0 Å². The Balaban J connectivity index is 2.40. The molecule has 0 aromatic heterocycles. The first kappa shape index (κ1) is 12.0. The normalized spacial score (nSPS) is 31.7. The molecule has 1 N–H and O–H groups in total. The fourth-order valence-corrected chi connectivity index (χ4v) is 1.93. The maximum absolute atomic E-state index is 5.31. The molecule has 14 heavy (non-hydrogen) atoms. The van der Waals surface area contributed by atoms with Crippen LogP contribution in [-0.4, -0.2) is 49.8 Å². The lowest BCUT2D eigenvalue weighted by molar-refractivity contribution is 0.0451. The van der Waals surface area contributed by atoms with Crippen LogP contribution in [0.5, 0.6) is 0 Å². The van der Waals surface area contributed by atoms with Crippen LogP contribution in [0.3, 0.4) is 0 Å². The lowest BCUT2D eigenvalue weighted by Gasteiger charge is -2.39. The van der Waals surface area contributed by atoms with E-state index in [4.69, 9.17) is 4.74 Å². The summed E-state index contributed by atoms with van der Waals surface area (Å²) in [6.45, 7) is 9.97. The molecule has 3 atom stereocenters. The van der Waals surface area contributed by atoms with E-state index in [1.165, 1.54) is 6.42 Å². The van der Waals surface area contributed by atoms with Crippen LogP contribution in [0.25, 0.3) is 0 Å². The van der Waals surface area contributed by atoms with Crippen molar-refractivity contribution in [3.05, 3.63) is 0 Å². The third kappa shape index (κ3) is 3.23. The Hall–Kier alpha value is -0.120. The van der Waals surface area contributed by atoms with Gasteiger partial charge in [0.15, 0.2) is 0 Å². The van der Waals surface area contributed by atoms with Crippen molar-refractivity contribution >= 4 is 0 Å². The molecule has 84 valence electrons. The minimum Gasteiger partial charge on any atom is -0.380 e. The summed E-state index contributed by atoms with van der Waals surface area (Å²) in [5.74, 6) is 0. The van der Waals surface area contributed by atoms with Crippen molar-refractivity contribution in [3.63, 3.8) is 0 Å². The highest BCUT2D eigenvalue weighted by molar-refractivity contribution is 4.83. The zero-order chi connectivity index (χ0) is 10.6. The molecule has 0 bridgehead atoms. The molecule has 0 aliphatic carbocycles. The van der Waals surface area contributed by atoms with Gasteiger partial charge in [-0.25, -0.2) is 0 Å². The van der Waals surface area contributed by atoms with Gasteiger partial charge < -0.3 is 10.1 Å². The number of nitrogens with zero attached hydrogens (tertiary/aromatic N) is 1. The fraction of sp³-hybridized carbons (Fsp3) is 1.00. The molecule has 1 fully saturated rings. The van der Waals surface area contributed by atoms with E-state index < -0.39 is 0 Å². The summed E-state index contributed by atoms with van der Waals surface area (Å²) in [6.07, 6.45) is 1.55. The van der Waals surface area contributed by atoms with Crippen molar-refractivity contribution in [2.75, 3.05) is 26.7 Å². The maximum atomic E-state index is 5.31. The Bertz CT molecular complexity index is 161. The molecule has 0 saturated carbocycles. The van der Waals surface area contributed by atoms with Crippen LogP contribution in [0.4, 0.5) is 0 Å². The van der Waals surface area contributed by atoms with Gasteiger partial charge in [-0.1, -0.05) is 6.92 Å². The van der Waals surface area contributed by atoms with Crippen LogP contribution < -0.4 is 5.32 Å². The van der Waals surface area contributed by atoms with Gasteiger partial charge in [-0.3, -0.25) is 4.90 Å². The van der Waals surface area contributed by atoms with Crippen LogP contribution >= 0.6 is 0 Å². The van der Waals surface area contributed by atoms with E-state index in [0.29, 0.717) is 18.2 Å². The highest BCUT2D eigenvalue weighted by Crippen LogP contribution is 2.09. The highest BCUT2D eigenvalue weighted by Gasteiger charge is 2.24. The van der Waals surface area contributed by atoms with Crippen LogP contribution in [0.2, 0.25) is 0 Å². The molecule has 0 radical (unpaired) electrons. The van der Waals surface area contributed by atoms with Gasteiger partial charge in [0.25, 0.3) is 0 Å². The van der Waals surface area contributed by atoms with E-state index in [0.717, 1.165) is 19.6 Å². The molecule has 0 aromatic rings. The molecule has 3 heteroatoms. The van der Waals surface area contributed by atoms with E-state index in [9.17, 15) is 0 Å². The third-order valence-electron chi connectivity index (χ3n) is 3.17. The first-order valence-electron chi connectivity index (χ1n) is 5.67. The minimum absolute atomic E-state index is 0.341. The average molecular weight is 200 g/mol. The molecule has 1 heterocycles. The first-order valence-corrected chi connectivity index (χ1v) is 5.67. The monoisotopic (exact) mass is 200 g/mol. The van der Waals surface area contributed by atoms with Gasteiger partial charge in [0, 0.05) is 38.8 Å². The number of hydrogen-bond donors (Lipinski definition) is 1. The van der Waals surface area contributed by atoms with Crippen molar-refractivity contribution in [3.8, 4) is 0 Å². The molecular formula is C11H24N2O. The second kappa shape index (κ2) is 5.69. The summed E-state index contributed by atoms with van der Waals surface area (Å²) < 4.78 is 5.31. The highest BCUT2D eigenvalue weighted by atomic mass is 16.5. The zero-order valence-corrected chi connectivity index (χ0v) is 9.92. The summed E-state index contributed by atoms with van der Waals surface area (Å²) in [4.78, 5) is 2.53. The Morgan fingerprint density at radius 1 is 1.57 bits per heavy atom. The molecule has 0 amide bonds. The van der Waals surface area contributed by atoms with Crippen LogP contribution in [0, 0.1) is 0 Å². The Morgan fingerprint density at radius 3 is 2.86 bits per heavy atom. The van der Waals surface area contributed by atoms with Gasteiger partial charge in [-0.15, -0.1) is 0 Å². The average Bonchev–Trinajstić information content (AvgIpc) is 2.21. The molecule has 1 aliphatic heterocycles. The maximum Gasteiger partial charge on any atom is 0.0670 e. The molecule has 1 saturated heterocycles. The van der Waals surface area contributed by atoms with Crippen LogP contribution in [0.1, 0.15) is 27.2 Å². The number of piperazine rings is 1. The molecule has 1 rings (SSSR count). The molecular weight excluding hydrogens is 176 g/mol. The largest absolute Gasteiger partial charge is 0.380 e. The second-order valence-corrected chi connectivity index (χ2v) is 4.36. The van der Waals surface area contributed by atoms with Gasteiger partial charge in [-0.2, -0.15) is 0 Å². The lowest BCUT2D eigenvalue weighted by Crippen LogP contribution is -2.56. The smallest absolute Gasteiger partial charge is 0.0670 e.